The third-order valence-electron chi connectivity index (χ3n) is 5.96. The molecule has 0 spiro atoms. The molecule has 1 N–H and O–H groups in total. The van der Waals surface area contributed by atoms with E-state index >= 15 is 0 Å². The Morgan fingerprint density at radius 2 is 1.82 bits per heavy atom. The van der Waals surface area contributed by atoms with Gasteiger partial charge in [0.15, 0.2) is 11.5 Å². The van der Waals surface area contributed by atoms with Crippen LogP contribution in [0.4, 0.5) is 5.69 Å². The molecule has 0 radical (unpaired) electrons. The number of carbonyl (C=O) groups excluding carboxylic acids is 2. The van der Waals surface area contributed by atoms with E-state index in [2.05, 4.69) is 5.32 Å². The molecule has 0 saturated carbocycles. The minimum absolute atomic E-state index is 0.00284. The van der Waals surface area contributed by atoms with Gasteiger partial charge in [-0.25, -0.2) is 9.59 Å². The number of dihydropyridines is 1. The number of benzene rings is 2. The molecule has 2 unspecified atom stereocenters. The van der Waals surface area contributed by atoms with E-state index in [1.54, 1.807) is 31.2 Å². The van der Waals surface area contributed by atoms with Crippen molar-refractivity contribution in [2.45, 2.75) is 18.9 Å². The molecule has 0 amide bonds. The van der Waals surface area contributed by atoms with E-state index < -0.39 is 22.8 Å². The molecule has 202 valence electrons. The highest BCUT2D eigenvalue weighted by molar-refractivity contribution is 6.00. The summed E-state index contributed by atoms with van der Waals surface area (Å²) in [5.74, 6) is -1.83. The first kappa shape index (κ1) is 27.2. The molecule has 39 heavy (non-hydrogen) atoms. The Morgan fingerprint density at radius 1 is 1.10 bits per heavy atom. The van der Waals surface area contributed by atoms with Crippen LogP contribution in [0.5, 0.6) is 11.5 Å². The van der Waals surface area contributed by atoms with Crippen LogP contribution < -0.4 is 14.8 Å². The molecular formula is C27H25N3O9. The second-order valence-electron chi connectivity index (χ2n) is 8.54. The lowest BCUT2D eigenvalue weighted by Gasteiger charge is -2.29. The number of nitrogens with zero attached hydrogens (tertiary/aromatic N) is 2. The number of hydrogen-bond donors (Lipinski definition) is 1. The molecule has 0 aromatic heterocycles. The van der Waals surface area contributed by atoms with Crippen LogP contribution in [0.3, 0.4) is 0 Å². The summed E-state index contributed by atoms with van der Waals surface area (Å²) in [6, 6.07) is 14.4. The van der Waals surface area contributed by atoms with Crippen molar-refractivity contribution in [3.8, 4) is 17.6 Å². The van der Waals surface area contributed by atoms with Crippen molar-refractivity contribution in [3.05, 3.63) is 86.7 Å². The Balaban J connectivity index is 1.53. The van der Waals surface area contributed by atoms with Crippen molar-refractivity contribution < 1.29 is 38.2 Å². The highest BCUT2D eigenvalue weighted by Gasteiger charge is 2.39. The number of carbonyl (C=O) groups is 2. The van der Waals surface area contributed by atoms with E-state index in [0.717, 1.165) is 7.11 Å². The summed E-state index contributed by atoms with van der Waals surface area (Å²) in [6.07, 6.45) is 0.0732. The Kier molecular flexibility index (Phi) is 8.43. The molecule has 0 aliphatic carbocycles. The number of nitrogens with one attached hydrogen (secondary N) is 1. The standard InChI is InChI=1S/C27H25N3O9/c1-16-23(27(32)37-11-10-36-21-8-3-4-9-22(21)39-15-19-14-38-19)24(17-6-5-7-18(12-17)30(33)34)25(26(31)35-2)20(13-28)29-16/h3-9,12,19,24,29H,10-11,14-15H2,1-2H3. The van der Waals surface area contributed by atoms with Gasteiger partial charge >= 0.3 is 11.9 Å². The lowest BCUT2D eigenvalue weighted by Crippen LogP contribution is -2.33. The SMILES string of the molecule is COC(=O)C1=C(C#N)NC(C)=C(C(=O)OCCOc2ccccc2OCC2CO2)C1c1cccc([N+](=O)[O-])c1. The molecule has 12 heteroatoms. The molecular weight excluding hydrogens is 510 g/mol. The summed E-state index contributed by atoms with van der Waals surface area (Å²) >= 11 is 0. The van der Waals surface area contributed by atoms with Crippen molar-refractivity contribution >= 4 is 17.6 Å². The van der Waals surface area contributed by atoms with E-state index in [9.17, 15) is 25.0 Å². The quantitative estimate of drug-likeness (QED) is 0.148. The molecule has 2 aromatic carbocycles. The second kappa shape index (κ2) is 12.1. The first-order chi connectivity index (χ1) is 18.8. The zero-order valence-corrected chi connectivity index (χ0v) is 21.2. The van der Waals surface area contributed by atoms with Crippen LogP contribution in [0.25, 0.3) is 0 Å². The number of non-ortho nitro benzene ring substituents is 1. The first-order valence-electron chi connectivity index (χ1n) is 11.9. The van der Waals surface area contributed by atoms with Crippen molar-refractivity contribution in [1.82, 2.24) is 5.32 Å². The maximum absolute atomic E-state index is 13.3. The summed E-state index contributed by atoms with van der Waals surface area (Å²) in [5, 5.41) is 23.8. The maximum atomic E-state index is 13.3. The van der Waals surface area contributed by atoms with Gasteiger partial charge in [-0.05, 0) is 24.6 Å². The van der Waals surface area contributed by atoms with E-state index in [0.29, 0.717) is 24.7 Å². The summed E-state index contributed by atoms with van der Waals surface area (Å²) in [6.45, 7) is 2.44. The Hall–Kier alpha value is -4.89. The minimum Gasteiger partial charge on any atom is -0.487 e. The third-order valence-corrected chi connectivity index (χ3v) is 5.96. The zero-order valence-electron chi connectivity index (χ0n) is 21.2. The van der Waals surface area contributed by atoms with Crippen molar-refractivity contribution in [3.63, 3.8) is 0 Å². The van der Waals surface area contributed by atoms with E-state index in [1.807, 2.05) is 6.07 Å². The Bertz CT molecular complexity index is 1390. The summed E-state index contributed by atoms with van der Waals surface area (Å²) in [7, 11) is 1.13. The number of ether oxygens (including phenoxy) is 5. The molecule has 2 aromatic rings. The van der Waals surface area contributed by atoms with Gasteiger partial charge in [-0.2, -0.15) is 5.26 Å². The largest absolute Gasteiger partial charge is 0.487 e. The van der Waals surface area contributed by atoms with Crippen molar-refractivity contribution in [2.75, 3.05) is 33.5 Å². The summed E-state index contributed by atoms with van der Waals surface area (Å²) in [5.41, 5.74) is -0.0523. The molecule has 2 heterocycles. The van der Waals surface area contributed by atoms with Crippen LogP contribution in [-0.4, -0.2) is 56.5 Å². The lowest BCUT2D eigenvalue weighted by atomic mass is 9.80. The van der Waals surface area contributed by atoms with Crippen molar-refractivity contribution in [1.29, 1.82) is 5.26 Å². The average molecular weight is 536 g/mol. The number of nitro groups is 1. The second-order valence-corrected chi connectivity index (χ2v) is 8.54. The fourth-order valence-electron chi connectivity index (χ4n) is 4.07. The average Bonchev–Trinajstić information content (AvgIpc) is 3.78. The normalized spacial score (nSPS) is 18.0. The molecule has 0 bridgehead atoms. The molecule has 1 saturated heterocycles. The van der Waals surface area contributed by atoms with Crippen LogP contribution in [0.2, 0.25) is 0 Å². The van der Waals surface area contributed by atoms with Crippen LogP contribution >= 0.6 is 0 Å². The molecule has 2 aliphatic heterocycles. The Labute approximate surface area is 223 Å². The number of epoxide rings is 1. The van der Waals surface area contributed by atoms with Crippen LogP contribution in [-0.2, 0) is 23.8 Å². The van der Waals surface area contributed by atoms with Crippen LogP contribution in [0.1, 0.15) is 18.4 Å². The number of esters is 2. The summed E-state index contributed by atoms with van der Waals surface area (Å²) < 4.78 is 26.9. The van der Waals surface area contributed by atoms with E-state index in [4.69, 9.17) is 23.7 Å². The highest BCUT2D eigenvalue weighted by atomic mass is 16.6. The van der Waals surface area contributed by atoms with Crippen LogP contribution in [0.15, 0.2) is 71.1 Å². The predicted molar refractivity (Wildman–Crippen MR) is 134 cm³/mol. The van der Waals surface area contributed by atoms with Crippen molar-refractivity contribution in [2.24, 2.45) is 0 Å². The van der Waals surface area contributed by atoms with Gasteiger partial charge in [0.05, 0.1) is 35.7 Å². The highest BCUT2D eigenvalue weighted by Crippen LogP contribution is 2.40. The number of methoxy groups -OCH3 is 1. The minimum atomic E-state index is -1.15. The maximum Gasteiger partial charge on any atom is 0.337 e. The van der Waals surface area contributed by atoms with Crippen LogP contribution in [0, 0.1) is 21.4 Å². The molecule has 1 fully saturated rings. The third kappa shape index (κ3) is 6.34. The van der Waals surface area contributed by atoms with Gasteiger partial charge in [-0.1, -0.05) is 24.3 Å². The molecule has 2 aliphatic rings. The molecule has 2 atom stereocenters. The topological polar surface area (TPSA) is 163 Å². The fourth-order valence-corrected chi connectivity index (χ4v) is 4.07. The number of para-hydroxylation sites is 2. The van der Waals surface area contributed by atoms with E-state index in [1.165, 1.54) is 24.3 Å². The van der Waals surface area contributed by atoms with Gasteiger partial charge in [-0.3, -0.25) is 10.1 Å². The predicted octanol–water partition coefficient (Wildman–Crippen LogP) is 2.91. The fraction of sp³-hybridized carbons (Fsp3) is 0.296. The number of nitro benzene ring substituents is 1. The molecule has 4 rings (SSSR count). The van der Waals surface area contributed by atoms with Gasteiger partial charge in [-0.15, -0.1) is 0 Å². The van der Waals surface area contributed by atoms with Gasteiger partial charge in [0.1, 0.15) is 37.7 Å². The number of nitriles is 1. The number of rotatable bonds is 11. The molecule has 12 nitrogen and oxygen atoms in total. The summed E-state index contributed by atoms with van der Waals surface area (Å²) in [4.78, 5) is 36.9. The zero-order chi connectivity index (χ0) is 27.9. The van der Waals surface area contributed by atoms with Gasteiger partial charge < -0.3 is 29.0 Å². The van der Waals surface area contributed by atoms with Gasteiger partial charge in [0.25, 0.3) is 5.69 Å². The smallest absolute Gasteiger partial charge is 0.337 e. The monoisotopic (exact) mass is 535 g/mol. The van der Waals surface area contributed by atoms with Gasteiger partial charge in [0.2, 0.25) is 0 Å². The number of hydrogen-bond acceptors (Lipinski definition) is 11. The van der Waals surface area contributed by atoms with Gasteiger partial charge in [0, 0.05) is 17.8 Å². The Morgan fingerprint density at radius 3 is 2.46 bits per heavy atom. The number of allylic oxidation sites excluding steroid dienone is 2. The lowest BCUT2D eigenvalue weighted by molar-refractivity contribution is -0.384. The van der Waals surface area contributed by atoms with E-state index in [-0.39, 0.29) is 53.1 Å². The first-order valence-corrected chi connectivity index (χ1v) is 11.9.